The number of benzene rings is 4. The minimum absolute atomic E-state index is 0.0529. The molecule has 4 aromatic rings. The molecule has 1 fully saturated rings. The summed E-state index contributed by atoms with van der Waals surface area (Å²) >= 11 is 0. The van der Waals surface area contributed by atoms with Crippen molar-refractivity contribution in [2.75, 3.05) is 0 Å². The van der Waals surface area contributed by atoms with Gasteiger partial charge in [-0.2, -0.15) is 0 Å². The lowest BCUT2D eigenvalue weighted by Crippen LogP contribution is -2.55. The number of carbonyl (C=O) groups excluding carboxylic acids is 1. The number of hydrogen-bond acceptors (Lipinski definition) is 4. The van der Waals surface area contributed by atoms with Crippen molar-refractivity contribution < 1.29 is 14.8 Å². The van der Waals surface area contributed by atoms with Crippen LogP contribution < -0.4 is 0 Å². The molecule has 5 unspecified atom stereocenters. The molecule has 0 spiro atoms. The zero-order valence-corrected chi connectivity index (χ0v) is 21.5. The van der Waals surface area contributed by atoms with E-state index >= 15 is 0 Å². The smallest absolute Gasteiger partial charge is 0.227 e. The summed E-state index contributed by atoms with van der Waals surface area (Å²) in [6.07, 6.45) is 0.0529. The molecule has 1 aliphatic rings. The fourth-order valence-corrected chi connectivity index (χ4v) is 6.10. The lowest BCUT2D eigenvalue weighted by molar-refractivity contribution is -0.538. The van der Waals surface area contributed by atoms with Gasteiger partial charge in [-0.15, -0.1) is 0 Å². The number of ketones is 1. The van der Waals surface area contributed by atoms with Gasteiger partial charge in [-0.1, -0.05) is 120 Å². The number of nitro groups is 1. The molecule has 0 saturated heterocycles. The number of nitrogens with zero attached hydrogens (tertiary/aromatic N) is 1. The van der Waals surface area contributed by atoms with Gasteiger partial charge in [0, 0.05) is 10.5 Å². The summed E-state index contributed by atoms with van der Waals surface area (Å²) in [5.41, 5.74) is 2.91. The van der Waals surface area contributed by atoms with Crippen LogP contribution in [0.25, 0.3) is 0 Å². The molecule has 1 saturated carbocycles. The quantitative estimate of drug-likeness (QED) is 0.182. The van der Waals surface area contributed by atoms with E-state index in [2.05, 4.69) is 0 Å². The first kappa shape index (κ1) is 25.6. The molecule has 0 amide bonds. The van der Waals surface area contributed by atoms with Crippen LogP contribution in [0.2, 0.25) is 0 Å². The number of aryl methyl sites for hydroxylation is 2. The number of carbonyl (C=O) groups is 1. The van der Waals surface area contributed by atoms with Crippen LogP contribution in [-0.2, 0) is 5.60 Å². The van der Waals surface area contributed by atoms with Crippen molar-refractivity contribution in [3.8, 4) is 0 Å². The van der Waals surface area contributed by atoms with Crippen LogP contribution >= 0.6 is 0 Å². The predicted molar refractivity (Wildman–Crippen MR) is 148 cm³/mol. The molecule has 0 aliphatic heterocycles. The summed E-state index contributed by atoms with van der Waals surface area (Å²) in [7, 11) is 0. The van der Waals surface area contributed by atoms with Crippen LogP contribution in [0.4, 0.5) is 0 Å². The first-order valence-electron chi connectivity index (χ1n) is 12.9. The van der Waals surface area contributed by atoms with Crippen LogP contribution in [0.15, 0.2) is 109 Å². The maximum Gasteiger partial charge on any atom is 0.227 e. The second-order valence-electron chi connectivity index (χ2n) is 10.4. The Balaban J connectivity index is 1.79. The third-order valence-electron chi connectivity index (χ3n) is 8.01. The Labute approximate surface area is 222 Å². The van der Waals surface area contributed by atoms with Gasteiger partial charge in [-0.3, -0.25) is 14.9 Å². The van der Waals surface area contributed by atoms with Gasteiger partial charge in [0.25, 0.3) is 0 Å². The highest BCUT2D eigenvalue weighted by Crippen LogP contribution is 2.55. The standard InChI is InChI=1S/C33H31NO4/c1-22-13-17-24(18-14-22)28-21-33(36,27-11-7-4-8-12-27)30(32(35)26-9-5-3-6-10-26)29(31(28)34(37)38)25-19-15-23(2)16-20-25/h3-20,28-31,36H,21H2,1-2H3. The second-order valence-corrected chi connectivity index (χ2v) is 10.4. The summed E-state index contributed by atoms with van der Waals surface area (Å²) < 4.78 is 0. The highest BCUT2D eigenvalue weighted by molar-refractivity contribution is 5.99. The monoisotopic (exact) mass is 505 g/mol. The van der Waals surface area contributed by atoms with Gasteiger partial charge in [0.15, 0.2) is 5.78 Å². The molecule has 5 rings (SSSR count). The van der Waals surface area contributed by atoms with Crippen molar-refractivity contribution in [2.45, 2.75) is 43.7 Å². The van der Waals surface area contributed by atoms with Gasteiger partial charge in [0.2, 0.25) is 6.04 Å². The summed E-state index contributed by atoms with van der Waals surface area (Å²) in [6, 6.07) is 32.1. The Kier molecular flexibility index (Phi) is 6.96. The molecule has 5 nitrogen and oxygen atoms in total. The largest absolute Gasteiger partial charge is 0.384 e. The van der Waals surface area contributed by atoms with E-state index in [1.165, 1.54) is 0 Å². The molecular formula is C33H31NO4. The SMILES string of the molecule is Cc1ccc(C2CC(O)(c3ccccc3)C(C(=O)c3ccccc3)C(c3ccc(C)cc3)C2[N+](=O)[O-])cc1. The normalized spacial score (nSPS) is 25.0. The number of Topliss-reactive ketones (excluding diaryl/α,β-unsaturated/α-hetero) is 1. The molecule has 5 atom stereocenters. The summed E-state index contributed by atoms with van der Waals surface area (Å²) in [5, 5.41) is 25.6. The molecule has 0 aromatic heterocycles. The molecule has 5 heteroatoms. The third-order valence-corrected chi connectivity index (χ3v) is 8.01. The van der Waals surface area contributed by atoms with Crippen LogP contribution in [0.1, 0.15) is 56.4 Å². The first-order chi connectivity index (χ1) is 18.3. The fraction of sp³-hybridized carbons (Fsp3) is 0.242. The Hall–Kier alpha value is -4.09. The topological polar surface area (TPSA) is 80.4 Å². The van der Waals surface area contributed by atoms with E-state index in [1.807, 2.05) is 98.8 Å². The third kappa shape index (κ3) is 4.66. The van der Waals surface area contributed by atoms with Gasteiger partial charge in [-0.25, -0.2) is 0 Å². The highest BCUT2D eigenvalue weighted by atomic mass is 16.6. The molecule has 0 radical (unpaired) electrons. The Bertz CT molecular complexity index is 1420. The average Bonchev–Trinajstić information content (AvgIpc) is 2.94. The fourth-order valence-electron chi connectivity index (χ4n) is 6.10. The van der Waals surface area contributed by atoms with E-state index in [0.717, 1.165) is 16.7 Å². The lowest BCUT2D eigenvalue weighted by atomic mass is 9.56. The van der Waals surface area contributed by atoms with Crippen LogP contribution in [-0.4, -0.2) is 21.9 Å². The number of aliphatic hydroxyl groups is 1. The summed E-state index contributed by atoms with van der Waals surface area (Å²) in [6.45, 7) is 3.93. The molecule has 38 heavy (non-hydrogen) atoms. The van der Waals surface area contributed by atoms with Crippen LogP contribution in [0.5, 0.6) is 0 Å². The van der Waals surface area contributed by atoms with Gasteiger partial charge in [0.05, 0.1) is 17.8 Å². The van der Waals surface area contributed by atoms with Gasteiger partial charge in [-0.05, 0) is 37.0 Å². The minimum Gasteiger partial charge on any atom is -0.384 e. The average molecular weight is 506 g/mol. The molecule has 1 N–H and O–H groups in total. The predicted octanol–water partition coefficient (Wildman–Crippen LogP) is 6.61. The molecule has 1 aliphatic carbocycles. The molecule has 0 bridgehead atoms. The van der Waals surface area contributed by atoms with Crippen molar-refractivity contribution >= 4 is 5.78 Å². The van der Waals surface area contributed by atoms with Gasteiger partial charge >= 0.3 is 0 Å². The van der Waals surface area contributed by atoms with E-state index in [-0.39, 0.29) is 17.1 Å². The van der Waals surface area contributed by atoms with E-state index in [4.69, 9.17) is 0 Å². The van der Waals surface area contributed by atoms with Gasteiger partial charge in [0.1, 0.15) is 5.60 Å². The molecule has 4 aromatic carbocycles. The highest BCUT2D eigenvalue weighted by Gasteiger charge is 2.61. The Morgan fingerprint density at radius 1 is 0.789 bits per heavy atom. The number of hydrogen-bond donors (Lipinski definition) is 1. The molecular weight excluding hydrogens is 474 g/mol. The first-order valence-corrected chi connectivity index (χ1v) is 12.9. The second kappa shape index (κ2) is 10.3. The van der Waals surface area contributed by atoms with Crippen molar-refractivity contribution in [3.05, 3.63) is 153 Å². The van der Waals surface area contributed by atoms with E-state index < -0.39 is 29.4 Å². The number of rotatable bonds is 6. The van der Waals surface area contributed by atoms with E-state index in [0.29, 0.717) is 16.7 Å². The molecule has 192 valence electrons. The van der Waals surface area contributed by atoms with E-state index in [1.54, 1.807) is 24.3 Å². The van der Waals surface area contributed by atoms with Gasteiger partial charge < -0.3 is 5.11 Å². The maximum atomic E-state index is 14.3. The van der Waals surface area contributed by atoms with Crippen molar-refractivity contribution in [1.29, 1.82) is 0 Å². The maximum absolute atomic E-state index is 14.3. The zero-order valence-electron chi connectivity index (χ0n) is 21.5. The minimum atomic E-state index is -1.63. The Morgan fingerprint density at radius 3 is 1.82 bits per heavy atom. The molecule has 0 heterocycles. The zero-order chi connectivity index (χ0) is 26.9. The lowest BCUT2D eigenvalue weighted by Gasteiger charge is -2.48. The van der Waals surface area contributed by atoms with Crippen LogP contribution in [0.3, 0.4) is 0 Å². The van der Waals surface area contributed by atoms with Crippen LogP contribution in [0, 0.1) is 29.9 Å². The van der Waals surface area contributed by atoms with E-state index in [9.17, 15) is 20.0 Å². The summed E-state index contributed by atoms with van der Waals surface area (Å²) in [5.74, 6) is -2.82. The van der Waals surface area contributed by atoms with Crippen molar-refractivity contribution in [2.24, 2.45) is 5.92 Å². The van der Waals surface area contributed by atoms with Crippen molar-refractivity contribution in [1.82, 2.24) is 0 Å². The summed E-state index contributed by atoms with van der Waals surface area (Å²) in [4.78, 5) is 27.0. The van der Waals surface area contributed by atoms with Crippen molar-refractivity contribution in [3.63, 3.8) is 0 Å². The Morgan fingerprint density at radius 2 is 1.29 bits per heavy atom.